The molecule has 108 valence electrons. The summed E-state index contributed by atoms with van der Waals surface area (Å²) >= 11 is 0. The van der Waals surface area contributed by atoms with Crippen LogP contribution in [0.15, 0.2) is 0 Å². The first-order chi connectivity index (χ1) is 8.78. The summed E-state index contributed by atoms with van der Waals surface area (Å²) in [6.07, 6.45) is 3.84. The lowest BCUT2D eigenvalue weighted by Crippen LogP contribution is -2.38. The van der Waals surface area contributed by atoms with Crippen LogP contribution in [-0.2, 0) is 9.53 Å². The molecular weight excluding hydrogens is 238 g/mol. The molecule has 3 heteroatoms. The highest BCUT2D eigenvalue weighted by atomic mass is 16.6. The van der Waals surface area contributed by atoms with Crippen molar-refractivity contribution in [1.29, 1.82) is 0 Å². The normalized spacial score (nSPS) is 29.4. The summed E-state index contributed by atoms with van der Waals surface area (Å²) in [6.45, 7) is 17.4. The van der Waals surface area contributed by atoms with Gasteiger partial charge in [0.2, 0.25) is 6.04 Å². The minimum Gasteiger partial charge on any atom is -0.460 e. The van der Waals surface area contributed by atoms with E-state index >= 15 is 0 Å². The first-order valence-electron chi connectivity index (χ1n) is 7.38. The van der Waals surface area contributed by atoms with Crippen LogP contribution >= 0.6 is 0 Å². The van der Waals surface area contributed by atoms with E-state index in [-0.39, 0.29) is 17.9 Å². The molecule has 0 aromatic rings. The molecule has 3 nitrogen and oxygen atoms in total. The van der Waals surface area contributed by atoms with Gasteiger partial charge in [0.15, 0.2) is 0 Å². The molecule has 1 aliphatic carbocycles. The summed E-state index contributed by atoms with van der Waals surface area (Å²) in [5.74, 6) is 0.819. The zero-order valence-corrected chi connectivity index (χ0v) is 12.9. The molecule has 0 amide bonds. The Hall–Kier alpha value is -1.04. The highest BCUT2D eigenvalue weighted by Gasteiger charge is 2.42. The van der Waals surface area contributed by atoms with Gasteiger partial charge < -0.3 is 9.58 Å². The Morgan fingerprint density at radius 3 is 2.53 bits per heavy atom. The first kappa shape index (κ1) is 16.0. The Labute approximate surface area is 117 Å². The van der Waals surface area contributed by atoms with E-state index in [9.17, 15) is 4.79 Å². The zero-order chi connectivity index (χ0) is 14.6. The number of carbonyl (C=O) groups excluding carboxylic acids is 1. The lowest BCUT2D eigenvalue weighted by atomic mass is 9.73. The molecule has 1 aliphatic rings. The molecule has 0 aliphatic heterocycles. The highest BCUT2D eigenvalue weighted by Crippen LogP contribution is 2.37. The Morgan fingerprint density at radius 2 is 2.05 bits per heavy atom. The fourth-order valence-electron chi connectivity index (χ4n) is 2.82. The summed E-state index contributed by atoms with van der Waals surface area (Å²) in [7, 11) is 0. The Kier molecular flexibility index (Phi) is 5.40. The Morgan fingerprint density at radius 1 is 1.42 bits per heavy atom. The van der Waals surface area contributed by atoms with Crippen molar-refractivity contribution in [1.82, 2.24) is 0 Å². The van der Waals surface area contributed by atoms with Gasteiger partial charge in [-0.25, -0.2) is 6.57 Å². The SMILES string of the molecule is [C-]#[N+]C1CC(C(C)CC)CCC1C(=O)OC(C)(C)C. The molecule has 0 N–H and O–H groups in total. The summed E-state index contributed by atoms with van der Waals surface area (Å²) in [5, 5.41) is 0. The number of nitrogens with zero attached hydrogens (tertiary/aromatic N) is 1. The van der Waals surface area contributed by atoms with Gasteiger partial charge in [-0.3, -0.25) is 4.79 Å². The third kappa shape index (κ3) is 4.53. The van der Waals surface area contributed by atoms with Crippen molar-refractivity contribution in [2.75, 3.05) is 0 Å². The van der Waals surface area contributed by atoms with Crippen molar-refractivity contribution in [2.45, 2.75) is 71.9 Å². The average Bonchev–Trinajstić information content (AvgIpc) is 2.34. The van der Waals surface area contributed by atoms with Gasteiger partial charge in [-0.1, -0.05) is 20.3 Å². The third-order valence-corrected chi connectivity index (χ3v) is 4.18. The maximum Gasteiger partial charge on any atom is 0.317 e. The van der Waals surface area contributed by atoms with Crippen LogP contribution < -0.4 is 0 Å². The van der Waals surface area contributed by atoms with Crippen molar-refractivity contribution < 1.29 is 9.53 Å². The second-order valence-corrected chi connectivity index (χ2v) is 6.80. The predicted molar refractivity (Wildman–Crippen MR) is 76.5 cm³/mol. The molecular formula is C16H27NO2. The van der Waals surface area contributed by atoms with Crippen molar-refractivity contribution in [2.24, 2.45) is 17.8 Å². The van der Waals surface area contributed by atoms with E-state index < -0.39 is 5.60 Å². The Bertz CT molecular complexity index is 351. The van der Waals surface area contributed by atoms with E-state index in [1.807, 2.05) is 20.8 Å². The maximum atomic E-state index is 12.2. The van der Waals surface area contributed by atoms with E-state index in [1.54, 1.807) is 0 Å². The molecule has 0 saturated heterocycles. The number of ether oxygens (including phenoxy) is 1. The summed E-state index contributed by atoms with van der Waals surface area (Å²) in [5.41, 5.74) is -0.461. The summed E-state index contributed by atoms with van der Waals surface area (Å²) < 4.78 is 5.45. The molecule has 0 spiro atoms. The monoisotopic (exact) mass is 265 g/mol. The van der Waals surface area contributed by atoms with Crippen LogP contribution in [0.1, 0.15) is 60.3 Å². The molecule has 4 unspecified atom stereocenters. The van der Waals surface area contributed by atoms with Gasteiger partial charge in [-0.05, 0) is 45.4 Å². The largest absolute Gasteiger partial charge is 0.460 e. The maximum absolute atomic E-state index is 12.2. The van der Waals surface area contributed by atoms with Gasteiger partial charge in [0.05, 0.1) is 0 Å². The molecule has 19 heavy (non-hydrogen) atoms. The van der Waals surface area contributed by atoms with Gasteiger partial charge in [-0.2, -0.15) is 0 Å². The fourth-order valence-corrected chi connectivity index (χ4v) is 2.82. The second-order valence-electron chi connectivity index (χ2n) is 6.80. The van der Waals surface area contributed by atoms with Crippen molar-refractivity contribution >= 4 is 5.97 Å². The van der Waals surface area contributed by atoms with E-state index in [0.29, 0.717) is 11.8 Å². The number of hydrogen-bond acceptors (Lipinski definition) is 2. The number of carbonyl (C=O) groups is 1. The summed E-state index contributed by atoms with van der Waals surface area (Å²) in [6, 6.07) is -0.192. The molecule has 0 aromatic carbocycles. The van der Waals surface area contributed by atoms with E-state index in [1.165, 1.54) is 0 Å². The van der Waals surface area contributed by atoms with Crippen LogP contribution in [0.4, 0.5) is 0 Å². The van der Waals surface area contributed by atoms with Crippen LogP contribution in [0.2, 0.25) is 0 Å². The van der Waals surface area contributed by atoms with Crippen molar-refractivity contribution in [3.63, 3.8) is 0 Å². The van der Waals surface area contributed by atoms with Crippen LogP contribution in [0.5, 0.6) is 0 Å². The van der Waals surface area contributed by atoms with Crippen LogP contribution in [0.3, 0.4) is 0 Å². The second kappa shape index (κ2) is 6.41. The first-order valence-corrected chi connectivity index (χ1v) is 7.38. The lowest BCUT2D eigenvalue weighted by Gasteiger charge is -2.32. The molecule has 1 saturated carbocycles. The molecule has 1 fully saturated rings. The van der Waals surface area contributed by atoms with Crippen LogP contribution in [0, 0.1) is 24.3 Å². The van der Waals surface area contributed by atoms with Gasteiger partial charge in [0, 0.05) is 6.42 Å². The Balaban J connectivity index is 2.68. The zero-order valence-electron chi connectivity index (χ0n) is 12.9. The van der Waals surface area contributed by atoms with Crippen LogP contribution in [-0.4, -0.2) is 17.6 Å². The third-order valence-electron chi connectivity index (χ3n) is 4.18. The van der Waals surface area contributed by atoms with Crippen LogP contribution in [0.25, 0.3) is 4.85 Å². The smallest absolute Gasteiger partial charge is 0.317 e. The molecule has 0 bridgehead atoms. The van der Waals surface area contributed by atoms with E-state index in [0.717, 1.165) is 25.7 Å². The molecule has 1 rings (SSSR count). The minimum atomic E-state index is -0.461. The fraction of sp³-hybridized carbons (Fsp3) is 0.875. The highest BCUT2D eigenvalue weighted by molar-refractivity contribution is 5.74. The standard InChI is InChI=1S/C16H27NO2/c1-7-11(2)12-8-9-13(14(10-12)17-6)15(18)19-16(3,4)5/h11-14H,7-10H2,1-5H3. The quantitative estimate of drug-likeness (QED) is 0.568. The average molecular weight is 265 g/mol. The van der Waals surface area contributed by atoms with E-state index in [4.69, 9.17) is 11.3 Å². The molecule has 4 atom stereocenters. The van der Waals surface area contributed by atoms with Gasteiger partial charge in [-0.15, -0.1) is 0 Å². The van der Waals surface area contributed by atoms with Gasteiger partial charge >= 0.3 is 5.97 Å². The number of hydrogen-bond donors (Lipinski definition) is 0. The molecule has 0 aromatic heterocycles. The number of esters is 1. The van der Waals surface area contributed by atoms with Crippen molar-refractivity contribution in [3.05, 3.63) is 11.4 Å². The predicted octanol–water partition coefficient (Wildman–Crippen LogP) is 4.08. The lowest BCUT2D eigenvalue weighted by molar-refractivity contribution is -0.161. The van der Waals surface area contributed by atoms with Gasteiger partial charge in [0.1, 0.15) is 11.5 Å². The summed E-state index contributed by atoms with van der Waals surface area (Å²) in [4.78, 5) is 15.9. The molecule has 0 heterocycles. The van der Waals surface area contributed by atoms with Gasteiger partial charge in [0.25, 0.3) is 0 Å². The van der Waals surface area contributed by atoms with Crippen molar-refractivity contribution in [3.8, 4) is 0 Å². The minimum absolute atomic E-state index is 0.184. The van der Waals surface area contributed by atoms with E-state index in [2.05, 4.69) is 18.7 Å². The molecule has 0 radical (unpaired) electrons. The topological polar surface area (TPSA) is 30.7 Å². The number of rotatable bonds is 3.